The molecule has 1 atom stereocenters. The quantitative estimate of drug-likeness (QED) is 0.844. The van der Waals surface area contributed by atoms with E-state index in [1.165, 1.54) is 19.3 Å². The average Bonchev–Trinajstić information content (AvgIpc) is 2.56. The number of nitrogens with one attached hydrogen (secondary N) is 1. The van der Waals surface area contributed by atoms with Gasteiger partial charge in [0.1, 0.15) is 0 Å². The number of amides is 1. The van der Waals surface area contributed by atoms with Gasteiger partial charge in [0.15, 0.2) is 0 Å². The number of ether oxygens (including phenoxy) is 3. The van der Waals surface area contributed by atoms with Crippen LogP contribution in [0.5, 0.6) is 0 Å². The third-order valence-corrected chi connectivity index (χ3v) is 5.47. The first-order chi connectivity index (χ1) is 11.3. The molecule has 1 saturated carbocycles. The van der Waals surface area contributed by atoms with Crippen molar-refractivity contribution >= 4 is 5.91 Å². The fourth-order valence-electron chi connectivity index (χ4n) is 4.16. The molecule has 2 saturated heterocycles. The molecule has 1 unspecified atom stereocenters. The lowest BCUT2D eigenvalue weighted by molar-refractivity contribution is -0.130. The van der Waals surface area contributed by atoms with Crippen molar-refractivity contribution in [2.45, 2.75) is 82.0 Å². The zero-order valence-corrected chi connectivity index (χ0v) is 14.2. The zero-order chi connectivity index (χ0) is 16.0. The van der Waals surface area contributed by atoms with E-state index in [4.69, 9.17) is 14.2 Å². The first-order valence-corrected chi connectivity index (χ1v) is 9.38. The maximum Gasteiger partial charge on any atom is 0.222 e. The number of hydrogen-bond donors (Lipinski definition) is 1. The molecule has 0 aromatic carbocycles. The second-order valence-electron chi connectivity index (χ2n) is 7.28. The van der Waals surface area contributed by atoms with Crippen molar-refractivity contribution in [2.75, 3.05) is 26.4 Å². The van der Waals surface area contributed by atoms with Gasteiger partial charge in [0, 0.05) is 32.3 Å². The standard InChI is InChI=1S/C18H31NO4/c20-17(7-12-22-16-5-10-21-11-6-16)19-15-4-13-23-18(14-15)8-2-1-3-9-18/h15-16H,1-14H2,(H,19,20). The van der Waals surface area contributed by atoms with Crippen LogP contribution in [0.15, 0.2) is 0 Å². The Hall–Kier alpha value is -0.650. The highest BCUT2D eigenvalue weighted by molar-refractivity contribution is 5.76. The normalized spacial score (nSPS) is 28.6. The van der Waals surface area contributed by atoms with Crippen LogP contribution in [0.2, 0.25) is 0 Å². The Labute approximate surface area is 139 Å². The molecule has 3 rings (SSSR count). The van der Waals surface area contributed by atoms with Crippen molar-refractivity contribution in [3.05, 3.63) is 0 Å². The molecule has 3 aliphatic rings. The van der Waals surface area contributed by atoms with E-state index in [0.717, 1.165) is 58.3 Å². The van der Waals surface area contributed by atoms with E-state index in [0.29, 0.717) is 13.0 Å². The Bertz CT molecular complexity index is 370. The molecule has 5 nitrogen and oxygen atoms in total. The van der Waals surface area contributed by atoms with E-state index in [1.54, 1.807) is 0 Å². The topological polar surface area (TPSA) is 56.8 Å². The smallest absolute Gasteiger partial charge is 0.222 e. The van der Waals surface area contributed by atoms with Crippen molar-refractivity contribution in [3.63, 3.8) is 0 Å². The minimum absolute atomic E-state index is 0.0487. The molecule has 2 heterocycles. The molecule has 5 heteroatoms. The van der Waals surface area contributed by atoms with Crippen LogP contribution in [-0.2, 0) is 19.0 Å². The van der Waals surface area contributed by atoms with Crippen molar-refractivity contribution in [1.82, 2.24) is 5.32 Å². The van der Waals surface area contributed by atoms with Gasteiger partial charge in [0.25, 0.3) is 0 Å². The Morgan fingerprint density at radius 3 is 2.65 bits per heavy atom. The zero-order valence-electron chi connectivity index (χ0n) is 14.2. The van der Waals surface area contributed by atoms with E-state index in [9.17, 15) is 4.79 Å². The van der Waals surface area contributed by atoms with Crippen LogP contribution in [0.3, 0.4) is 0 Å². The third-order valence-electron chi connectivity index (χ3n) is 5.47. The van der Waals surface area contributed by atoms with Crippen LogP contribution >= 0.6 is 0 Å². The maximum absolute atomic E-state index is 12.2. The Balaban J connectivity index is 1.35. The highest BCUT2D eigenvalue weighted by Gasteiger charge is 2.38. The Morgan fingerprint density at radius 1 is 1.09 bits per heavy atom. The Morgan fingerprint density at radius 2 is 1.87 bits per heavy atom. The van der Waals surface area contributed by atoms with E-state index in [1.807, 2.05) is 0 Å². The number of hydrogen-bond acceptors (Lipinski definition) is 4. The van der Waals surface area contributed by atoms with Crippen LogP contribution < -0.4 is 5.32 Å². The second-order valence-corrected chi connectivity index (χ2v) is 7.28. The minimum atomic E-state index is 0.0487. The lowest BCUT2D eigenvalue weighted by Gasteiger charge is -2.43. The molecule has 2 aliphatic heterocycles. The molecule has 23 heavy (non-hydrogen) atoms. The molecule has 0 bridgehead atoms. The van der Waals surface area contributed by atoms with Gasteiger partial charge < -0.3 is 19.5 Å². The summed E-state index contributed by atoms with van der Waals surface area (Å²) in [7, 11) is 0. The molecule has 1 aliphatic carbocycles. The van der Waals surface area contributed by atoms with Crippen LogP contribution in [0.25, 0.3) is 0 Å². The molecule has 3 fully saturated rings. The van der Waals surface area contributed by atoms with Crippen LogP contribution in [-0.4, -0.2) is 50.1 Å². The van der Waals surface area contributed by atoms with Crippen LogP contribution in [0.4, 0.5) is 0 Å². The van der Waals surface area contributed by atoms with E-state index in [-0.39, 0.29) is 23.7 Å². The summed E-state index contributed by atoms with van der Waals surface area (Å²) in [6.45, 7) is 2.86. The largest absolute Gasteiger partial charge is 0.381 e. The van der Waals surface area contributed by atoms with E-state index < -0.39 is 0 Å². The van der Waals surface area contributed by atoms with E-state index in [2.05, 4.69) is 5.32 Å². The number of carbonyl (C=O) groups is 1. The van der Waals surface area contributed by atoms with Gasteiger partial charge in [-0.25, -0.2) is 0 Å². The summed E-state index contributed by atoms with van der Waals surface area (Å²) in [6, 6.07) is 0.275. The fourth-order valence-corrected chi connectivity index (χ4v) is 4.16. The van der Waals surface area contributed by atoms with Crippen LogP contribution in [0.1, 0.15) is 64.2 Å². The molecular formula is C18H31NO4. The molecule has 1 amide bonds. The number of carbonyl (C=O) groups excluding carboxylic acids is 1. The van der Waals surface area contributed by atoms with Crippen LogP contribution in [0, 0.1) is 0 Å². The number of rotatable bonds is 5. The van der Waals surface area contributed by atoms with Gasteiger partial charge in [0.2, 0.25) is 5.91 Å². The summed E-state index contributed by atoms with van der Waals surface area (Å²) in [4.78, 5) is 12.2. The molecule has 132 valence electrons. The predicted octanol–water partition coefficient (Wildman–Crippen LogP) is 2.57. The van der Waals surface area contributed by atoms with Gasteiger partial charge in [-0.2, -0.15) is 0 Å². The minimum Gasteiger partial charge on any atom is -0.381 e. The second kappa shape index (κ2) is 8.45. The third kappa shape index (κ3) is 5.16. The van der Waals surface area contributed by atoms with Gasteiger partial charge in [-0.15, -0.1) is 0 Å². The van der Waals surface area contributed by atoms with Gasteiger partial charge in [-0.05, 0) is 38.5 Å². The summed E-state index contributed by atoms with van der Waals surface area (Å²) in [5, 5.41) is 3.20. The van der Waals surface area contributed by atoms with Gasteiger partial charge in [-0.3, -0.25) is 4.79 Å². The molecule has 1 N–H and O–H groups in total. The lowest BCUT2D eigenvalue weighted by atomic mass is 9.78. The summed E-state index contributed by atoms with van der Waals surface area (Å²) in [5.41, 5.74) is 0.0487. The van der Waals surface area contributed by atoms with Crippen molar-refractivity contribution in [3.8, 4) is 0 Å². The molecule has 0 aromatic heterocycles. The van der Waals surface area contributed by atoms with Gasteiger partial charge in [0.05, 0.1) is 18.3 Å². The summed E-state index contributed by atoms with van der Waals surface area (Å²) < 4.78 is 17.2. The van der Waals surface area contributed by atoms with Crippen molar-refractivity contribution < 1.29 is 19.0 Å². The Kier molecular flexibility index (Phi) is 6.31. The average molecular weight is 325 g/mol. The summed E-state index contributed by atoms with van der Waals surface area (Å²) in [6.07, 6.45) is 10.7. The van der Waals surface area contributed by atoms with Crippen molar-refractivity contribution in [2.24, 2.45) is 0 Å². The fraction of sp³-hybridized carbons (Fsp3) is 0.944. The lowest BCUT2D eigenvalue weighted by Crippen LogP contribution is -2.49. The summed E-state index contributed by atoms with van der Waals surface area (Å²) >= 11 is 0. The SMILES string of the molecule is O=C(CCOC1CCOCC1)NC1CCOC2(CCCCC2)C1. The first kappa shape index (κ1) is 17.2. The molecule has 0 aromatic rings. The summed E-state index contributed by atoms with van der Waals surface area (Å²) in [5.74, 6) is 0.120. The predicted molar refractivity (Wildman–Crippen MR) is 87.3 cm³/mol. The van der Waals surface area contributed by atoms with Gasteiger partial charge in [-0.1, -0.05) is 19.3 Å². The van der Waals surface area contributed by atoms with E-state index >= 15 is 0 Å². The molecule has 0 radical (unpaired) electrons. The molecule has 1 spiro atoms. The molecular weight excluding hydrogens is 294 g/mol. The van der Waals surface area contributed by atoms with Crippen molar-refractivity contribution in [1.29, 1.82) is 0 Å². The first-order valence-electron chi connectivity index (χ1n) is 9.38. The van der Waals surface area contributed by atoms with Gasteiger partial charge >= 0.3 is 0 Å². The maximum atomic E-state index is 12.2. The highest BCUT2D eigenvalue weighted by atomic mass is 16.5. The monoisotopic (exact) mass is 325 g/mol. The highest BCUT2D eigenvalue weighted by Crippen LogP contribution is 2.38.